The largest absolute Gasteiger partial charge is 0.486 e. The zero-order valence-corrected chi connectivity index (χ0v) is 15.1. The number of carbonyl (C=O) groups excluding carboxylic acids is 1. The SMILES string of the molecule is Cc1ccsc1/C=C/C(=O)N1CCC[C@H]1c1ccc2c(c1)OCCO2. The van der Waals surface area contributed by atoms with Gasteiger partial charge in [0.25, 0.3) is 0 Å². The second-order valence-electron chi connectivity index (χ2n) is 6.39. The van der Waals surface area contributed by atoms with Crippen LogP contribution in [0.25, 0.3) is 6.08 Å². The second-order valence-corrected chi connectivity index (χ2v) is 7.34. The van der Waals surface area contributed by atoms with E-state index < -0.39 is 0 Å². The first-order valence-electron chi connectivity index (χ1n) is 8.65. The molecule has 130 valence electrons. The molecule has 0 unspecified atom stereocenters. The molecule has 0 bridgehead atoms. The molecule has 0 N–H and O–H groups in total. The van der Waals surface area contributed by atoms with Gasteiger partial charge in [-0.1, -0.05) is 6.07 Å². The van der Waals surface area contributed by atoms with Crippen LogP contribution in [0.4, 0.5) is 0 Å². The number of benzene rings is 1. The number of amides is 1. The van der Waals surface area contributed by atoms with E-state index in [1.165, 1.54) is 5.56 Å². The van der Waals surface area contributed by atoms with Crippen LogP contribution in [0.1, 0.15) is 34.9 Å². The van der Waals surface area contributed by atoms with Gasteiger partial charge in [-0.2, -0.15) is 0 Å². The summed E-state index contributed by atoms with van der Waals surface area (Å²) < 4.78 is 11.3. The van der Waals surface area contributed by atoms with Gasteiger partial charge >= 0.3 is 0 Å². The van der Waals surface area contributed by atoms with Crippen molar-refractivity contribution in [3.63, 3.8) is 0 Å². The summed E-state index contributed by atoms with van der Waals surface area (Å²) in [4.78, 5) is 15.8. The van der Waals surface area contributed by atoms with E-state index in [1.54, 1.807) is 17.4 Å². The van der Waals surface area contributed by atoms with Crippen LogP contribution in [-0.2, 0) is 4.79 Å². The summed E-state index contributed by atoms with van der Waals surface area (Å²) in [6.45, 7) is 4.03. The Bertz CT molecular complexity index is 811. The van der Waals surface area contributed by atoms with Gasteiger partial charge in [0.1, 0.15) is 13.2 Å². The highest BCUT2D eigenvalue weighted by molar-refractivity contribution is 7.11. The van der Waals surface area contributed by atoms with Crippen LogP contribution in [0.5, 0.6) is 11.5 Å². The van der Waals surface area contributed by atoms with Crippen molar-refractivity contribution in [2.45, 2.75) is 25.8 Å². The van der Waals surface area contributed by atoms with Gasteiger partial charge in [-0.3, -0.25) is 4.79 Å². The molecule has 0 saturated carbocycles. The van der Waals surface area contributed by atoms with Crippen LogP contribution in [0.2, 0.25) is 0 Å². The fraction of sp³-hybridized carbons (Fsp3) is 0.350. The molecule has 1 aromatic heterocycles. The monoisotopic (exact) mass is 355 g/mol. The predicted molar refractivity (Wildman–Crippen MR) is 99.2 cm³/mol. The first kappa shape index (κ1) is 16.2. The van der Waals surface area contributed by atoms with Crippen molar-refractivity contribution >= 4 is 23.3 Å². The van der Waals surface area contributed by atoms with Crippen LogP contribution in [-0.4, -0.2) is 30.6 Å². The summed E-state index contributed by atoms with van der Waals surface area (Å²) in [5.74, 6) is 1.65. The molecule has 1 atom stereocenters. The highest BCUT2D eigenvalue weighted by atomic mass is 32.1. The summed E-state index contributed by atoms with van der Waals surface area (Å²) in [7, 11) is 0. The molecular formula is C20H21NO3S. The Balaban J connectivity index is 1.53. The first-order valence-corrected chi connectivity index (χ1v) is 9.52. The van der Waals surface area contributed by atoms with E-state index in [4.69, 9.17) is 9.47 Å². The molecule has 2 aliphatic heterocycles. The Morgan fingerprint density at radius 2 is 2.08 bits per heavy atom. The zero-order valence-electron chi connectivity index (χ0n) is 14.2. The molecule has 0 aliphatic carbocycles. The van der Waals surface area contributed by atoms with Gasteiger partial charge in [0.2, 0.25) is 5.91 Å². The molecule has 5 heteroatoms. The number of carbonyl (C=O) groups is 1. The minimum Gasteiger partial charge on any atom is -0.486 e. The molecule has 0 radical (unpaired) electrons. The van der Waals surface area contributed by atoms with E-state index in [2.05, 4.69) is 19.1 Å². The highest BCUT2D eigenvalue weighted by Gasteiger charge is 2.29. The van der Waals surface area contributed by atoms with Gasteiger partial charge in [-0.25, -0.2) is 0 Å². The van der Waals surface area contributed by atoms with Crippen LogP contribution in [0.15, 0.2) is 35.7 Å². The van der Waals surface area contributed by atoms with Gasteiger partial charge < -0.3 is 14.4 Å². The molecule has 1 saturated heterocycles. The Morgan fingerprint density at radius 3 is 2.88 bits per heavy atom. The number of ether oxygens (including phenoxy) is 2. The summed E-state index contributed by atoms with van der Waals surface area (Å²) in [6, 6.07) is 8.21. The smallest absolute Gasteiger partial charge is 0.247 e. The van der Waals surface area contributed by atoms with E-state index in [0.717, 1.165) is 41.3 Å². The zero-order chi connectivity index (χ0) is 17.2. The van der Waals surface area contributed by atoms with Gasteiger partial charge in [0, 0.05) is 17.5 Å². The number of likely N-dealkylation sites (tertiary alicyclic amines) is 1. The van der Waals surface area contributed by atoms with Crippen molar-refractivity contribution in [2.24, 2.45) is 0 Å². The van der Waals surface area contributed by atoms with Crippen LogP contribution in [0, 0.1) is 6.92 Å². The van der Waals surface area contributed by atoms with Crippen LogP contribution < -0.4 is 9.47 Å². The number of fused-ring (bicyclic) bond motifs is 1. The number of aryl methyl sites for hydroxylation is 1. The number of nitrogens with zero attached hydrogens (tertiary/aromatic N) is 1. The third kappa shape index (κ3) is 3.29. The molecule has 25 heavy (non-hydrogen) atoms. The van der Waals surface area contributed by atoms with Crippen molar-refractivity contribution < 1.29 is 14.3 Å². The third-order valence-electron chi connectivity index (χ3n) is 4.77. The van der Waals surface area contributed by atoms with E-state index in [9.17, 15) is 4.79 Å². The summed E-state index contributed by atoms with van der Waals surface area (Å²) in [5.41, 5.74) is 2.33. The number of thiophene rings is 1. The van der Waals surface area contributed by atoms with E-state index in [-0.39, 0.29) is 11.9 Å². The summed E-state index contributed by atoms with van der Waals surface area (Å²) >= 11 is 1.66. The summed E-state index contributed by atoms with van der Waals surface area (Å²) in [6.07, 6.45) is 5.64. The lowest BCUT2D eigenvalue weighted by Crippen LogP contribution is -2.29. The van der Waals surface area contributed by atoms with Crippen molar-refractivity contribution in [3.8, 4) is 11.5 Å². The number of hydrogen-bond acceptors (Lipinski definition) is 4. The van der Waals surface area contributed by atoms with E-state index in [0.29, 0.717) is 13.2 Å². The number of hydrogen-bond donors (Lipinski definition) is 0. The van der Waals surface area contributed by atoms with Gasteiger partial charge in [-0.15, -0.1) is 11.3 Å². The molecule has 2 aliphatic rings. The molecule has 4 nitrogen and oxygen atoms in total. The van der Waals surface area contributed by atoms with E-state index in [1.807, 2.05) is 28.5 Å². The van der Waals surface area contributed by atoms with Crippen molar-refractivity contribution in [3.05, 3.63) is 51.7 Å². The summed E-state index contributed by atoms with van der Waals surface area (Å²) in [5, 5.41) is 2.05. The van der Waals surface area contributed by atoms with Crippen molar-refractivity contribution in [2.75, 3.05) is 19.8 Å². The molecule has 1 fully saturated rings. The van der Waals surface area contributed by atoms with Crippen molar-refractivity contribution in [1.82, 2.24) is 4.90 Å². The quantitative estimate of drug-likeness (QED) is 0.775. The highest BCUT2D eigenvalue weighted by Crippen LogP contribution is 2.38. The average Bonchev–Trinajstić information content (AvgIpc) is 3.28. The minimum atomic E-state index is 0.0742. The van der Waals surface area contributed by atoms with Gasteiger partial charge in [0.15, 0.2) is 11.5 Å². The lowest BCUT2D eigenvalue weighted by molar-refractivity contribution is -0.126. The molecule has 2 aromatic rings. The molecule has 1 aromatic carbocycles. The predicted octanol–water partition coefficient (Wildman–Crippen LogP) is 4.20. The fourth-order valence-electron chi connectivity index (χ4n) is 3.44. The fourth-order valence-corrected chi connectivity index (χ4v) is 4.26. The second kappa shape index (κ2) is 6.92. The lowest BCUT2D eigenvalue weighted by Gasteiger charge is -2.26. The lowest BCUT2D eigenvalue weighted by atomic mass is 10.0. The third-order valence-corrected chi connectivity index (χ3v) is 5.75. The van der Waals surface area contributed by atoms with Gasteiger partial charge in [0.05, 0.1) is 6.04 Å². The molecule has 3 heterocycles. The molecule has 1 amide bonds. The Hall–Kier alpha value is -2.27. The van der Waals surface area contributed by atoms with E-state index >= 15 is 0 Å². The maximum atomic E-state index is 12.7. The minimum absolute atomic E-state index is 0.0742. The average molecular weight is 355 g/mol. The maximum Gasteiger partial charge on any atom is 0.247 e. The topological polar surface area (TPSA) is 38.8 Å². The molecule has 0 spiro atoms. The number of rotatable bonds is 3. The maximum absolute atomic E-state index is 12.7. The Kier molecular flexibility index (Phi) is 4.49. The Morgan fingerprint density at radius 1 is 1.24 bits per heavy atom. The Labute approximate surface area is 151 Å². The van der Waals surface area contributed by atoms with Crippen molar-refractivity contribution in [1.29, 1.82) is 0 Å². The van der Waals surface area contributed by atoms with Crippen LogP contribution in [0.3, 0.4) is 0 Å². The molecular weight excluding hydrogens is 334 g/mol. The molecule has 4 rings (SSSR count). The van der Waals surface area contributed by atoms with Gasteiger partial charge in [-0.05, 0) is 60.5 Å². The standard InChI is InChI=1S/C20H21NO3S/c1-14-8-12-25-19(14)6-7-20(22)21-9-2-3-16(21)15-4-5-17-18(13-15)24-11-10-23-17/h4-8,12-13,16H,2-3,9-11H2,1H3/b7-6+/t16-/m0/s1. The van der Waals surface area contributed by atoms with Crippen LogP contribution >= 0.6 is 11.3 Å². The normalized spacial score (nSPS) is 19.6. The first-order chi connectivity index (χ1) is 12.2.